The molecule has 0 aromatic heterocycles. The lowest BCUT2D eigenvalue weighted by Gasteiger charge is -2.33. The highest BCUT2D eigenvalue weighted by molar-refractivity contribution is 5.89. The summed E-state index contributed by atoms with van der Waals surface area (Å²) in [7, 11) is 0. The average molecular weight is 309 g/mol. The van der Waals surface area contributed by atoms with Crippen LogP contribution in [0.1, 0.15) is 18.4 Å². The van der Waals surface area contributed by atoms with Gasteiger partial charge in [-0.1, -0.05) is 35.9 Å². The van der Waals surface area contributed by atoms with Gasteiger partial charge in [0.1, 0.15) is 0 Å². The first-order chi connectivity index (χ1) is 11.2. The van der Waals surface area contributed by atoms with Crippen LogP contribution in [0.3, 0.4) is 0 Å². The Labute approximate surface area is 137 Å². The fraction of sp³-hybridized carbons (Fsp3) is 0.316. The fourth-order valence-electron chi connectivity index (χ4n) is 2.84. The van der Waals surface area contributed by atoms with E-state index in [2.05, 4.69) is 22.8 Å². The van der Waals surface area contributed by atoms with Crippen molar-refractivity contribution >= 4 is 17.4 Å². The van der Waals surface area contributed by atoms with E-state index in [1.54, 1.807) is 0 Å². The van der Waals surface area contributed by atoms with Crippen LogP contribution < -0.4 is 10.6 Å². The molecule has 0 radical (unpaired) electrons. The molecule has 1 aliphatic heterocycles. The minimum absolute atomic E-state index is 0.00739. The molecule has 4 nitrogen and oxygen atoms in total. The summed E-state index contributed by atoms with van der Waals surface area (Å²) in [6.07, 6.45) is 1.94. The topological polar surface area (TPSA) is 44.4 Å². The number of rotatable bonds is 3. The Bertz CT molecular complexity index is 631. The Morgan fingerprint density at radius 1 is 0.957 bits per heavy atom. The maximum atomic E-state index is 12.3. The molecule has 2 aromatic carbocycles. The quantitative estimate of drug-likeness (QED) is 0.896. The van der Waals surface area contributed by atoms with Crippen molar-refractivity contribution in [1.29, 1.82) is 0 Å². The zero-order chi connectivity index (χ0) is 16.1. The van der Waals surface area contributed by atoms with Crippen molar-refractivity contribution in [2.45, 2.75) is 25.8 Å². The van der Waals surface area contributed by atoms with Crippen LogP contribution in [0.5, 0.6) is 0 Å². The molecule has 1 fully saturated rings. The number of benzene rings is 2. The zero-order valence-electron chi connectivity index (χ0n) is 13.5. The molecule has 23 heavy (non-hydrogen) atoms. The number of anilines is 2. The molecule has 0 unspecified atom stereocenters. The average Bonchev–Trinajstić information content (AvgIpc) is 2.58. The lowest BCUT2D eigenvalue weighted by Crippen LogP contribution is -2.44. The van der Waals surface area contributed by atoms with Gasteiger partial charge in [0.05, 0.1) is 0 Å². The van der Waals surface area contributed by atoms with Crippen molar-refractivity contribution < 1.29 is 4.79 Å². The minimum Gasteiger partial charge on any atom is -0.382 e. The lowest BCUT2D eigenvalue weighted by molar-refractivity contribution is 0.197. The standard InChI is InChI=1S/C19H23N3O/c1-15-7-9-17(10-8-15)21-19(23)22-13-11-18(12-14-22)20-16-5-3-2-4-6-16/h2-10,18,20H,11-14H2,1H3,(H,21,23). The van der Waals surface area contributed by atoms with E-state index >= 15 is 0 Å². The molecule has 0 atom stereocenters. The summed E-state index contributed by atoms with van der Waals surface area (Å²) in [6, 6.07) is 18.6. The third-order valence-electron chi connectivity index (χ3n) is 4.23. The molecule has 2 aromatic rings. The molecule has 120 valence electrons. The number of likely N-dealkylation sites (tertiary alicyclic amines) is 1. The maximum absolute atomic E-state index is 12.3. The highest BCUT2D eigenvalue weighted by Crippen LogP contribution is 2.17. The van der Waals surface area contributed by atoms with Crippen LogP contribution in [-0.2, 0) is 0 Å². The van der Waals surface area contributed by atoms with Gasteiger partial charge in [-0.15, -0.1) is 0 Å². The molecule has 0 saturated carbocycles. The second-order valence-electron chi connectivity index (χ2n) is 6.07. The molecule has 4 heteroatoms. The molecule has 0 spiro atoms. The van der Waals surface area contributed by atoms with Crippen molar-refractivity contribution in [2.24, 2.45) is 0 Å². The number of nitrogens with one attached hydrogen (secondary N) is 2. The fourth-order valence-corrected chi connectivity index (χ4v) is 2.84. The van der Waals surface area contributed by atoms with E-state index < -0.39 is 0 Å². The van der Waals surface area contributed by atoms with Gasteiger partial charge in [0.25, 0.3) is 0 Å². The summed E-state index contributed by atoms with van der Waals surface area (Å²) in [6.45, 7) is 3.60. The van der Waals surface area contributed by atoms with Crippen LogP contribution >= 0.6 is 0 Å². The Hall–Kier alpha value is -2.49. The van der Waals surface area contributed by atoms with Crippen molar-refractivity contribution in [3.8, 4) is 0 Å². The number of urea groups is 1. The van der Waals surface area contributed by atoms with E-state index in [0.29, 0.717) is 6.04 Å². The number of para-hydroxylation sites is 1. The van der Waals surface area contributed by atoms with Crippen molar-refractivity contribution in [1.82, 2.24) is 4.90 Å². The summed E-state index contributed by atoms with van der Waals surface area (Å²) in [5, 5.41) is 6.51. The third-order valence-corrected chi connectivity index (χ3v) is 4.23. The largest absolute Gasteiger partial charge is 0.382 e. The Morgan fingerprint density at radius 3 is 2.26 bits per heavy atom. The maximum Gasteiger partial charge on any atom is 0.321 e. The molecular formula is C19H23N3O. The van der Waals surface area contributed by atoms with Crippen LogP contribution in [0, 0.1) is 6.92 Å². The van der Waals surface area contributed by atoms with Crippen molar-refractivity contribution in [3.63, 3.8) is 0 Å². The number of nitrogens with zero attached hydrogens (tertiary/aromatic N) is 1. The summed E-state index contributed by atoms with van der Waals surface area (Å²) < 4.78 is 0. The zero-order valence-corrected chi connectivity index (χ0v) is 13.5. The van der Waals surface area contributed by atoms with Crippen LogP contribution in [0.4, 0.5) is 16.2 Å². The number of piperidine rings is 1. The number of amides is 2. The van der Waals surface area contributed by atoms with Gasteiger partial charge in [0.15, 0.2) is 0 Å². The Morgan fingerprint density at radius 2 is 1.61 bits per heavy atom. The molecule has 1 heterocycles. The molecule has 0 bridgehead atoms. The minimum atomic E-state index is -0.00739. The van der Waals surface area contributed by atoms with E-state index in [1.165, 1.54) is 5.56 Å². The van der Waals surface area contributed by atoms with Gasteiger partial charge in [-0.25, -0.2) is 4.79 Å². The first kappa shape index (κ1) is 15.4. The number of carbonyl (C=O) groups is 1. The van der Waals surface area contributed by atoms with Crippen LogP contribution in [0.2, 0.25) is 0 Å². The van der Waals surface area contributed by atoms with Gasteiger partial charge < -0.3 is 15.5 Å². The second-order valence-corrected chi connectivity index (χ2v) is 6.07. The van der Waals surface area contributed by atoms with E-state index in [9.17, 15) is 4.79 Å². The first-order valence-corrected chi connectivity index (χ1v) is 8.15. The molecule has 2 N–H and O–H groups in total. The van der Waals surface area contributed by atoms with Gasteiger partial charge >= 0.3 is 6.03 Å². The Kier molecular flexibility index (Phi) is 4.81. The molecular weight excluding hydrogens is 286 g/mol. The van der Waals surface area contributed by atoms with Crippen LogP contribution in [0.25, 0.3) is 0 Å². The molecule has 1 aliphatic rings. The van der Waals surface area contributed by atoms with Crippen molar-refractivity contribution in [2.75, 3.05) is 23.7 Å². The monoisotopic (exact) mass is 309 g/mol. The summed E-state index contributed by atoms with van der Waals surface area (Å²) >= 11 is 0. The molecule has 3 rings (SSSR count). The SMILES string of the molecule is Cc1ccc(NC(=O)N2CCC(Nc3ccccc3)CC2)cc1. The van der Waals surface area contributed by atoms with Crippen LogP contribution in [0.15, 0.2) is 54.6 Å². The Balaban J connectivity index is 1.48. The lowest BCUT2D eigenvalue weighted by atomic mass is 10.0. The number of hydrogen-bond acceptors (Lipinski definition) is 2. The van der Waals surface area contributed by atoms with E-state index in [-0.39, 0.29) is 6.03 Å². The summed E-state index contributed by atoms with van der Waals surface area (Å²) in [5.74, 6) is 0. The smallest absolute Gasteiger partial charge is 0.321 e. The van der Waals surface area contributed by atoms with E-state index in [0.717, 1.165) is 37.3 Å². The molecule has 0 aliphatic carbocycles. The number of carbonyl (C=O) groups excluding carboxylic acids is 1. The highest BCUT2D eigenvalue weighted by Gasteiger charge is 2.22. The number of aryl methyl sites for hydroxylation is 1. The van der Waals surface area contributed by atoms with Gasteiger partial charge in [0, 0.05) is 30.5 Å². The molecule has 2 amide bonds. The number of hydrogen-bond donors (Lipinski definition) is 2. The third kappa shape index (κ3) is 4.25. The second kappa shape index (κ2) is 7.18. The van der Waals surface area contributed by atoms with Crippen molar-refractivity contribution in [3.05, 3.63) is 60.2 Å². The van der Waals surface area contributed by atoms with Gasteiger partial charge in [-0.05, 0) is 44.0 Å². The molecule has 1 saturated heterocycles. The highest BCUT2D eigenvalue weighted by atomic mass is 16.2. The predicted molar refractivity (Wildman–Crippen MR) is 94.9 cm³/mol. The summed E-state index contributed by atoms with van der Waals surface area (Å²) in [5.41, 5.74) is 3.19. The summed E-state index contributed by atoms with van der Waals surface area (Å²) in [4.78, 5) is 14.2. The van der Waals surface area contributed by atoms with E-state index in [1.807, 2.05) is 54.3 Å². The van der Waals surface area contributed by atoms with E-state index in [4.69, 9.17) is 0 Å². The van der Waals surface area contributed by atoms with Gasteiger partial charge in [0.2, 0.25) is 0 Å². The normalized spacial score (nSPS) is 15.3. The first-order valence-electron chi connectivity index (χ1n) is 8.15. The van der Waals surface area contributed by atoms with Crippen LogP contribution in [-0.4, -0.2) is 30.1 Å². The van der Waals surface area contributed by atoms with Gasteiger partial charge in [-0.3, -0.25) is 0 Å². The van der Waals surface area contributed by atoms with Gasteiger partial charge in [-0.2, -0.15) is 0 Å². The predicted octanol–water partition coefficient (Wildman–Crippen LogP) is 4.10.